The van der Waals surface area contributed by atoms with E-state index in [1.54, 1.807) is 6.07 Å². The highest BCUT2D eigenvalue weighted by Gasteiger charge is 2.38. The van der Waals surface area contributed by atoms with E-state index >= 15 is 0 Å². The van der Waals surface area contributed by atoms with Crippen molar-refractivity contribution in [3.63, 3.8) is 0 Å². The summed E-state index contributed by atoms with van der Waals surface area (Å²) in [5.74, 6) is 0.681. The molecule has 0 saturated heterocycles. The van der Waals surface area contributed by atoms with Gasteiger partial charge >= 0.3 is 0 Å². The molecule has 0 spiro atoms. The summed E-state index contributed by atoms with van der Waals surface area (Å²) in [5.41, 5.74) is 3.60. The first-order chi connectivity index (χ1) is 11.8. The van der Waals surface area contributed by atoms with Crippen molar-refractivity contribution in [2.24, 2.45) is 5.92 Å². The molecule has 24 heavy (non-hydrogen) atoms. The Labute approximate surface area is 140 Å². The summed E-state index contributed by atoms with van der Waals surface area (Å²) in [6, 6.07) is 20.1. The molecule has 0 bridgehead atoms. The summed E-state index contributed by atoms with van der Waals surface area (Å²) in [7, 11) is 0. The van der Waals surface area contributed by atoms with Crippen molar-refractivity contribution in [1.82, 2.24) is 0 Å². The number of fused-ring (bicyclic) bond motifs is 5. The number of rotatable bonds is 1. The van der Waals surface area contributed by atoms with Gasteiger partial charge in [0.2, 0.25) is 0 Å². The van der Waals surface area contributed by atoms with Crippen LogP contribution in [0.3, 0.4) is 0 Å². The molecule has 0 fully saturated rings. The lowest BCUT2D eigenvalue weighted by Crippen LogP contribution is -2.29. The largest absolute Gasteiger partial charge is 0.377 e. The SMILES string of the molecule is Fc1cccc([C@@H]2Nc3c(ccc4ccccc34)[C@@H]3C=CC[C@@H]32)c1. The summed E-state index contributed by atoms with van der Waals surface area (Å²) in [6.07, 6.45) is 5.63. The van der Waals surface area contributed by atoms with Crippen LogP contribution in [0.2, 0.25) is 0 Å². The van der Waals surface area contributed by atoms with E-state index in [9.17, 15) is 4.39 Å². The van der Waals surface area contributed by atoms with E-state index in [4.69, 9.17) is 0 Å². The third kappa shape index (κ3) is 1.99. The zero-order valence-electron chi connectivity index (χ0n) is 13.2. The molecule has 2 aliphatic rings. The molecule has 118 valence electrons. The van der Waals surface area contributed by atoms with Gasteiger partial charge in [-0.2, -0.15) is 0 Å². The Balaban J connectivity index is 1.71. The van der Waals surface area contributed by atoms with Gasteiger partial charge in [0, 0.05) is 17.0 Å². The summed E-state index contributed by atoms with van der Waals surface area (Å²) < 4.78 is 13.8. The summed E-state index contributed by atoms with van der Waals surface area (Å²) >= 11 is 0. The van der Waals surface area contributed by atoms with Crippen LogP contribution in [-0.2, 0) is 0 Å². The molecule has 3 atom stereocenters. The fourth-order valence-corrected chi connectivity index (χ4v) is 4.37. The predicted molar refractivity (Wildman–Crippen MR) is 96.7 cm³/mol. The molecule has 1 nitrogen and oxygen atoms in total. The quantitative estimate of drug-likeness (QED) is 0.559. The van der Waals surface area contributed by atoms with Crippen molar-refractivity contribution in [1.29, 1.82) is 0 Å². The molecule has 0 unspecified atom stereocenters. The van der Waals surface area contributed by atoms with Gasteiger partial charge in [0.1, 0.15) is 5.82 Å². The van der Waals surface area contributed by atoms with E-state index in [1.807, 2.05) is 12.1 Å². The lowest BCUT2D eigenvalue weighted by atomic mass is 9.76. The molecule has 1 N–H and O–H groups in total. The van der Waals surface area contributed by atoms with Gasteiger partial charge in [-0.15, -0.1) is 0 Å². The molecule has 2 heteroatoms. The molecule has 3 aromatic carbocycles. The van der Waals surface area contributed by atoms with E-state index in [0.717, 1.165) is 12.0 Å². The second-order valence-electron chi connectivity index (χ2n) is 6.78. The zero-order valence-corrected chi connectivity index (χ0v) is 13.2. The molecule has 5 rings (SSSR count). The molecular formula is C22H18FN. The normalized spacial score (nSPS) is 24.5. The minimum Gasteiger partial charge on any atom is -0.377 e. The van der Waals surface area contributed by atoms with Crippen molar-refractivity contribution < 1.29 is 4.39 Å². The van der Waals surface area contributed by atoms with Crippen molar-refractivity contribution >= 4 is 16.5 Å². The maximum atomic E-state index is 13.8. The van der Waals surface area contributed by atoms with Crippen LogP contribution in [0.4, 0.5) is 10.1 Å². The number of nitrogens with one attached hydrogen (secondary N) is 1. The Bertz CT molecular complexity index is 959. The van der Waals surface area contributed by atoms with E-state index in [2.05, 4.69) is 53.9 Å². The number of benzene rings is 3. The van der Waals surface area contributed by atoms with Gasteiger partial charge in [-0.25, -0.2) is 4.39 Å². The molecule has 1 heterocycles. The lowest BCUT2D eigenvalue weighted by molar-refractivity contribution is 0.425. The highest BCUT2D eigenvalue weighted by atomic mass is 19.1. The van der Waals surface area contributed by atoms with Gasteiger partial charge in [-0.1, -0.05) is 60.7 Å². The van der Waals surface area contributed by atoms with Gasteiger partial charge in [-0.05, 0) is 41.0 Å². The van der Waals surface area contributed by atoms with Crippen LogP contribution in [0.1, 0.15) is 29.5 Å². The van der Waals surface area contributed by atoms with Crippen LogP contribution >= 0.6 is 0 Å². The van der Waals surface area contributed by atoms with Gasteiger partial charge in [0.05, 0.1) is 6.04 Å². The first-order valence-electron chi connectivity index (χ1n) is 8.51. The monoisotopic (exact) mass is 315 g/mol. The van der Waals surface area contributed by atoms with Crippen LogP contribution < -0.4 is 5.32 Å². The van der Waals surface area contributed by atoms with Gasteiger partial charge in [0.15, 0.2) is 0 Å². The second kappa shape index (κ2) is 5.20. The molecule has 1 aliphatic carbocycles. The molecule has 0 radical (unpaired) electrons. The number of hydrogen-bond donors (Lipinski definition) is 1. The maximum absolute atomic E-state index is 13.8. The molecule has 0 amide bonds. The minimum absolute atomic E-state index is 0.138. The Morgan fingerprint density at radius 3 is 2.79 bits per heavy atom. The molecule has 1 aliphatic heterocycles. The van der Waals surface area contributed by atoms with E-state index in [-0.39, 0.29) is 11.9 Å². The summed E-state index contributed by atoms with van der Waals surface area (Å²) in [4.78, 5) is 0. The molecule has 0 aromatic heterocycles. The highest BCUT2D eigenvalue weighted by Crippen LogP contribution is 2.51. The average Bonchev–Trinajstić information content (AvgIpc) is 3.10. The number of anilines is 1. The third-order valence-corrected chi connectivity index (χ3v) is 5.47. The van der Waals surface area contributed by atoms with Crippen LogP contribution in [-0.4, -0.2) is 0 Å². The summed E-state index contributed by atoms with van der Waals surface area (Å²) in [5, 5.41) is 6.23. The van der Waals surface area contributed by atoms with Gasteiger partial charge in [0.25, 0.3) is 0 Å². The third-order valence-electron chi connectivity index (χ3n) is 5.47. The highest BCUT2D eigenvalue weighted by molar-refractivity contribution is 5.96. The van der Waals surface area contributed by atoms with E-state index in [0.29, 0.717) is 11.8 Å². The molecular weight excluding hydrogens is 297 g/mol. The van der Waals surface area contributed by atoms with Gasteiger partial charge < -0.3 is 5.32 Å². The maximum Gasteiger partial charge on any atom is 0.123 e. The van der Waals surface area contributed by atoms with Crippen molar-refractivity contribution in [3.05, 3.63) is 89.8 Å². The first kappa shape index (κ1) is 13.8. The number of halogens is 1. The Kier molecular flexibility index (Phi) is 2.99. The predicted octanol–water partition coefficient (Wildman–Crippen LogP) is 5.81. The van der Waals surface area contributed by atoms with E-state index in [1.165, 1.54) is 28.1 Å². The Hall–Kier alpha value is -2.61. The van der Waals surface area contributed by atoms with Crippen LogP contribution in [0.15, 0.2) is 72.8 Å². The average molecular weight is 315 g/mol. The fourth-order valence-electron chi connectivity index (χ4n) is 4.37. The van der Waals surface area contributed by atoms with Crippen LogP contribution in [0.5, 0.6) is 0 Å². The van der Waals surface area contributed by atoms with Crippen molar-refractivity contribution in [3.8, 4) is 0 Å². The topological polar surface area (TPSA) is 12.0 Å². The molecule has 3 aromatic rings. The summed E-state index contributed by atoms with van der Waals surface area (Å²) in [6.45, 7) is 0. The first-order valence-corrected chi connectivity index (χ1v) is 8.51. The number of allylic oxidation sites excluding steroid dienone is 2. The van der Waals surface area contributed by atoms with Gasteiger partial charge in [-0.3, -0.25) is 0 Å². The Morgan fingerprint density at radius 1 is 0.958 bits per heavy atom. The Morgan fingerprint density at radius 2 is 1.88 bits per heavy atom. The van der Waals surface area contributed by atoms with E-state index < -0.39 is 0 Å². The van der Waals surface area contributed by atoms with Crippen molar-refractivity contribution in [2.45, 2.75) is 18.4 Å². The second-order valence-corrected chi connectivity index (χ2v) is 6.78. The minimum atomic E-state index is -0.166. The standard InChI is InChI=1S/C22H18FN/c23-16-7-3-6-15(13-16)21-19-10-4-9-18(19)20-12-11-14-5-1-2-8-17(14)22(20)24-21/h1-9,11-13,18-19,21,24H,10H2/t18-,19+,21+/m1/s1. The number of hydrogen-bond acceptors (Lipinski definition) is 1. The smallest absolute Gasteiger partial charge is 0.123 e. The molecule has 0 saturated carbocycles. The lowest BCUT2D eigenvalue weighted by Gasteiger charge is -2.38. The van der Waals surface area contributed by atoms with Crippen molar-refractivity contribution in [2.75, 3.05) is 5.32 Å². The van der Waals surface area contributed by atoms with Crippen LogP contribution in [0, 0.1) is 11.7 Å². The zero-order chi connectivity index (χ0) is 16.1. The fraction of sp³-hybridized carbons (Fsp3) is 0.182. The van der Waals surface area contributed by atoms with Crippen LogP contribution in [0.25, 0.3) is 10.8 Å².